The number of aryl methyl sites for hydroxylation is 2. The summed E-state index contributed by atoms with van der Waals surface area (Å²) >= 11 is 0. The van der Waals surface area contributed by atoms with E-state index in [4.69, 9.17) is 4.74 Å². The second kappa shape index (κ2) is 5.68. The van der Waals surface area contributed by atoms with Crippen LogP contribution in [0.2, 0.25) is 0 Å². The van der Waals surface area contributed by atoms with Gasteiger partial charge in [0.05, 0.1) is 11.8 Å². The molecule has 0 fully saturated rings. The van der Waals surface area contributed by atoms with E-state index < -0.39 is 0 Å². The average molecular weight is 223 g/mol. The molecule has 0 aromatic carbocycles. The normalized spacial score (nSPS) is 10.8. The van der Waals surface area contributed by atoms with Crippen molar-refractivity contribution in [1.29, 1.82) is 0 Å². The van der Waals surface area contributed by atoms with Crippen molar-refractivity contribution in [3.63, 3.8) is 0 Å². The summed E-state index contributed by atoms with van der Waals surface area (Å²) < 4.78 is 6.99. The van der Waals surface area contributed by atoms with Crippen molar-refractivity contribution in [3.05, 3.63) is 17.7 Å². The van der Waals surface area contributed by atoms with Crippen LogP contribution in [0.15, 0.2) is 0 Å². The summed E-state index contributed by atoms with van der Waals surface area (Å²) in [4.78, 5) is 15.4. The van der Waals surface area contributed by atoms with Crippen LogP contribution in [0.4, 0.5) is 0 Å². The fraction of sp³-hybridized carbons (Fsp3) is 0.667. The molecule has 0 aliphatic carbocycles. The van der Waals surface area contributed by atoms with E-state index in [0.717, 1.165) is 24.4 Å². The van der Waals surface area contributed by atoms with Crippen LogP contribution in [0.1, 0.15) is 38.1 Å². The number of hydrogen-bond acceptors (Lipinski definition) is 3. The fourth-order valence-electron chi connectivity index (χ4n) is 1.41. The number of nitrogens with zero attached hydrogens (tertiary/aromatic N) is 2. The molecule has 4 heteroatoms. The van der Waals surface area contributed by atoms with E-state index in [1.807, 2.05) is 32.3 Å². The average Bonchev–Trinajstić information content (AvgIpc) is 2.48. The van der Waals surface area contributed by atoms with Crippen LogP contribution in [0.25, 0.3) is 0 Å². The molecule has 0 saturated heterocycles. The highest BCUT2D eigenvalue weighted by molar-refractivity contribution is 5.69. The Morgan fingerprint density at radius 3 is 2.69 bits per heavy atom. The van der Waals surface area contributed by atoms with Gasteiger partial charge in [-0.05, 0) is 34.1 Å². The minimum absolute atomic E-state index is 0.0312. The van der Waals surface area contributed by atoms with Gasteiger partial charge in [0, 0.05) is 18.7 Å². The molecule has 16 heavy (non-hydrogen) atoms. The molecule has 1 heterocycles. The molecule has 0 N–H and O–H groups in total. The first-order valence-corrected chi connectivity index (χ1v) is 5.61. The Kier molecular flexibility index (Phi) is 4.52. The number of hydrogen-bond donors (Lipinski definition) is 0. The number of esters is 1. The predicted molar refractivity (Wildman–Crippen MR) is 61.0 cm³/mol. The lowest BCUT2D eigenvalue weighted by Gasteiger charge is -2.08. The molecule has 1 aromatic heterocycles. The quantitative estimate of drug-likeness (QED) is 0.717. The van der Waals surface area contributed by atoms with Gasteiger partial charge in [-0.3, -0.25) is 4.79 Å². The number of carbonyl (C=O) groups is 1. The van der Waals surface area contributed by atoms with Crippen molar-refractivity contribution in [2.75, 3.05) is 0 Å². The Hall–Kier alpha value is -1.32. The smallest absolute Gasteiger partial charge is 0.306 e. The number of aromatic nitrogens is 2. The first-order valence-electron chi connectivity index (χ1n) is 5.61. The zero-order valence-corrected chi connectivity index (χ0v) is 10.4. The lowest BCUT2D eigenvalue weighted by atomic mass is 10.3. The third-order valence-electron chi connectivity index (χ3n) is 2.40. The molecule has 0 amide bonds. The summed E-state index contributed by atoms with van der Waals surface area (Å²) in [6.07, 6.45) is 4.08. The number of imidazole rings is 1. The van der Waals surface area contributed by atoms with Gasteiger partial charge in [-0.1, -0.05) is 0 Å². The van der Waals surface area contributed by atoms with Crippen molar-refractivity contribution in [1.82, 2.24) is 9.55 Å². The van der Waals surface area contributed by atoms with Gasteiger partial charge in [0.25, 0.3) is 0 Å². The molecule has 1 aromatic rings. The van der Waals surface area contributed by atoms with Crippen molar-refractivity contribution in [2.45, 2.75) is 53.2 Å². The van der Waals surface area contributed by atoms with Gasteiger partial charge in [0.2, 0.25) is 0 Å². The minimum Gasteiger partial charge on any atom is -0.463 e. The largest absolute Gasteiger partial charge is 0.463 e. The van der Waals surface area contributed by atoms with Crippen LogP contribution in [-0.4, -0.2) is 21.6 Å². The second-order valence-corrected chi connectivity index (χ2v) is 4.18. The Morgan fingerprint density at radius 1 is 1.50 bits per heavy atom. The summed E-state index contributed by atoms with van der Waals surface area (Å²) in [5.41, 5.74) is 2.10. The Balaban J connectivity index is 2.31. The van der Waals surface area contributed by atoms with Crippen molar-refractivity contribution in [2.24, 2.45) is 0 Å². The molecule has 0 saturated carbocycles. The number of rotatable bonds is 5. The molecule has 0 aliphatic rings. The fourth-order valence-corrected chi connectivity index (χ4v) is 1.41. The maximum Gasteiger partial charge on any atom is 0.306 e. The highest BCUT2D eigenvalue weighted by atomic mass is 16.5. The van der Waals surface area contributed by atoms with Gasteiger partial charge in [0.1, 0.15) is 0 Å². The highest BCUT2D eigenvalue weighted by Crippen LogP contribution is 2.06. The minimum atomic E-state index is -0.135. The molecular weight excluding hydrogens is 204 g/mol. The molecule has 4 nitrogen and oxygen atoms in total. The van der Waals surface area contributed by atoms with Gasteiger partial charge >= 0.3 is 5.97 Å². The summed E-state index contributed by atoms with van der Waals surface area (Å²) in [6.45, 7) is 8.44. The molecule has 0 spiro atoms. The van der Waals surface area contributed by atoms with E-state index in [2.05, 4.69) is 11.3 Å². The van der Waals surface area contributed by atoms with Crippen LogP contribution in [0.3, 0.4) is 0 Å². The lowest BCUT2D eigenvalue weighted by molar-refractivity contribution is -0.147. The molecule has 0 atom stereocenters. The van der Waals surface area contributed by atoms with E-state index in [1.54, 1.807) is 0 Å². The number of ether oxygens (including phenoxy) is 1. The van der Waals surface area contributed by atoms with Crippen molar-refractivity contribution < 1.29 is 9.53 Å². The first-order chi connectivity index (χ1) is 7.50. The van der Waals surface area contributed by atoms with E-state index in [9.17, 15) is 4.79 Å². The first kappa shape index (κ1) is 12.7. The van der Waals surface area contributed by atoms with Crippen LogP contribution >= 0.6 is 0 Å². The Labute approximate surface area is 96.6 Å². The van der Waals surface area contributed by atoms with Gasteiger partial charge in [-0.25, -0.2) is 4.98 Å². The zero-order chi connectivity index (χ0) is 12.1. The molecule has 0 unspecified atom stereocenters. The SMILES string of the molecule is Cc1n[c]n(CCCC(=O)OC(C)C)c1C. The second-order valence-electron chi connectivity index (χ2n) is 4.18. The van der Waals surface area contributed by atoms with E-state index in [0.29, 0.717) is 6.42 Å². The molecule has 0 bridgehead atoms. The van der Waals surface area contributed by atoms with Crippen LogP contribution in [0, 0.1) is 20.2 Å². The highest BCUT2D eigenvalue weighted by Gasteiger charge is 2.07. The summed E-state index contributed by atoms with van der Waals surface area (Å²) in [5.74, 6) is -0.135. The van der Waals surface area contributed by atoms with Crippen molar-refractivity contribution >= 4 is 5.97 Å². The Bertz CT molecular complexity index is 356. The van der Waals surface area contributed by atoms with Crippen LogP contribution in [-0.2, 0) is 16.1 Å². The van der Waals surface area contributed by atoms with Gasteiger partial charge in [0.15, 0.2) is 6.33 Å². The monoisotopic (exact) mass is 223 g/mol. The maximum atomic E-state index is 11.3. The zero-order valence-electron chi connectivity index (χ0n) is 10.4. The van der Waals surface area contributed by atoms with E-state index >= 15 is 0 Å². The molecule has 89 valence electrons. The van der Waals surface area contributed by atoms with Gasteiger partial charge in [-0.2, -0.15) is 0 Å². The summed E-state index contributed by atoms with van der Waals surface area (Å²) in [6, 6.07) is 0. The molecule has 0 aliphatic heterocycles. The third-order valence-corrected chi connectivity index (χ3v) is 2.40. The molecule has 1 rings (SSSR count). The Morgan fingerprint density at radius 2 is 2.19 bits per heavy atom. The third kappa shape index (κ3) is 3.68. The van der Waals surface area contributed by atoms with E-state index in [1.165, 1.54) is 0 Å². The predicted octanol–water partition coefficient (Wildman–Crippen LogP) is 2.03. The molecular formula is C12H19N2O2. The summed E-state index contributed by atoms with van der Waals surface area (Å²) in [5, 5.41) is 0. The van der Waals surface area contributed by atoms with Crippen LogP contribution in [0.5, 0.6) is 0 Å². The number of carbonyl (C=O) groups excluding carboxylic acids is 1. The van der Waals surface area contributed by atoms with Crippen molar-refractivity contribution in [3.8, 4) is 0 Å². The summed E-state index contributed by atoms with van der Waals surface area (Å²) in [7, 11) is 0. The van der Waals surface area contributed by atoms with E-state index in [-0.39, 0.29) is 12.1 Å². The van der Waals surface area contributed by atoms with Gasteiger partial charge < -0.3 is 9.30 Å². The molecule has 1 radical (unpaired) electrons. The lowest BCUT2D eigenvalue weighted by Crippen LogP contribution is -2.12. The van der Waals surface area contributed by atoms with Crippen LogP contribution < -0.4 is 0 Å². The van der Waals surface area contributed by atoms with Gasteiger partial charge in [-0.15, -0.1) is 0 Å². The topological polar surface area (TPSA) is 44.1 Å². The maximum absolute atomic E-state index is 11.3. The standard InChI is InChI=1S/C12H19N2O2/c1-9(2)16-12(15)6-5-7-14-8-13-10(3)11(14)4/h9H,5-7H2,1-4H3.